The number of halogens is 1. The first-order chi connectivity index (χ1) is 7.06. The Morgan fingerprint density at radius 2 is 2.00 bits per heavy atom. The minimum absolute atomic E-state index is 0.139. The van der Waals surface area contributed by atoms with E-state index in [0.29, 0.717) is 10.3 Å². The lowest BCUT2D eigenvalue weighted by atomic mass is 10.0. The van der Waals surface area contributed by atoms with Crippen LogP contribution in [0.4, 0.5) is 0 Å². The van der Waals surface area contributed by atoms with Crippen molar-refractivity contribution in [1.82, 2.24) is 0 Å². The second-order valence-corrected chi connectivity index (χ2v) is 5.77. The van der Waals surface area contributed by atoms with Crippen molar-refractivity contribution in [3.63, 3.8) is 0 Å². The Morgan fingerprint density at radius 1 is 1.33 bits per heavy atom. The maximum absolute atomic E-state index is 10.8. The first kappa shape index (κ1) is 12.6. The molecule has 0 saturated heterocycles. The van der Waals surface area contributed by atoms with E-state index < -0.39 is 0 Å². The zero-order chi connectivity index (χ0) is 11.4. The number of carbonyl (C=O) groups is 1. The zero-order valence-corrected chi connectivity index (χ0v) is 10.7. The molecule has 1 aromatic carbocycles. The van der Waals surface area contributed by atoms with Crippen LogP contribution in [0.3, 0.4) is 0 Å². The standard InChI is InChI=1S/C12H15ClOS/c1-8(2)15-11-6-4-5-10(13)12(11)9(3)7-14/h4-9H,1-3H3. The van der Waals surface area contributed by atoms with Crippen molar-refractivity contribution >= 4 is 29.6 Å². The zero-order valence-electron chi connectivity index (χ0n) is 9.16. The Balaban J connectivity index is 3.13. The first-order valence-electron chi connectivity index (χ1n) is 4.96. The molecular weight excluding hydrogens is 228 g/mol. The summed E-state index contributed by atoms with van der Waals surface area (Å²) < 4.78 is 0. The van der Waals surface area contributed by atoms with E-state index in [2.05, 4.69) is 13.8 Å². The van der Waals surface area contributed by atoms with Crippen LogP contribution >= 0.6 is 23.4 Å². The Labute approximate surface area is 100 Å². The van der Waals surface area contributed by atoms with Crippen LogP contribution in [0.15, 0.2) is 23.1 Å². The van der Waals surface area contributed by atoms with Crippen molar-refractivity contribution in [2.24, 2.45) is 0 Å². The Kier molecular flexibility index (Phi) is 4.68. The van der Waals surface area contributed by atoms with Gasteiger partial charge in [0.1, 0.15) is 6.29 Å². The summed E-state index contributed by atoms with van der Waals surface area (Å²) >= 11 is 7.85. The van der Waals surface area contributed by atoms with Crippen molar-refractivity contribution < 1.29 is 4.79 Å². The van der Waals surface area contributed by atoms with Crippen LogP contribution in [0.1, 0.15) is 32.3 Å². The molecule has 1 aromatic rings. The highest BCUT2D eigenvalue weighted by atomic mass is 35.5. The summed E-state index contributed by atoms with van der Waals surface area (Å²) in [6.07, 6.45) is 0.936. The van der Waals surface area contributed by atoms with E-state index in [0.717, 1.165) is 16.7 Å². The van der Waals surface area contributed by atoms with Crippen LogP contribution in [-0.4, -0.2) is 11.5 Å². The van der Waals surface area contributed by atoms with Gasteiger partial charge in [0.2, 0.25) is 0 Å². The summed E-state index contributed by atoms with van der Waals surface area (Å²) in [7, 11) is 0. The highest BCUT2D eigenvalue weighted by Gasteiger charge is 2.14. The number of hydrogen-bond donors (Lipinski definition) is 0. The molecule has 0 N–H and O–H groups in total. The number of benzene rings is 1. The molecule has 0 bridgehead atoms. The van der Waals surface area contributed by atoms with E-state index in [9.17, 15) is 4.79 Å². The van der Waals surface area contributed by atoms with E-state index in [1.807, 2.05) is 25.1 Å². The molecule has 15 heavy (non-hydrogen) atoms. The predicted molar refractivity (Wildman–Crippen MR) is 66.9 cm³/mol. The Hall–Kier alpha value is -0.470. The van der Waals surface area contributed by atoms with Gasteiger partial charge in [-0.3, -0.25) is 0 Å². The number of thioether (sulfide) groups is 1. The third-order valence-corrected chi connectivity index (χ3v) is 3.45. The van der Waals surface area contributed by atoms with Crippen LogP contribution in [-0.2, 0) is 4.79 Å². The fourth-order valence-corrected chi connectivity index (χ4v) is 2.87. The second kappa shape index (κ2) is 5.57. The van der Waals surface area contributed by atoms with Crippen LogP contribution < -0.4 is 0 Å². The van der Waals surface area contributed by atoms with Crippen molar-refractivity contribution in [2.75, 3.05) is 0 Å². The minimum Gasteiger partial charge on any atom is -0.303 e. The van der Waals surface area contributed by atoms with Gasteiger partial charge in [0.05, 0.1) is 0 Å². The van der Waals surface area contributed by atoms with Gasteiger partial charge in [0, 0.05) is 21.1 Å². The van der Waals surface area contributed by atoms with Gasteiger partial charge in [-0.15, -0.1) is 11.8 Å². The number of carbonyl (C=O) groups excluding carboxylic acids is 1. The lowest BCUT2D eigenvalue weighted by molar-refractivity contribution is -0.108. The fraction of sp³-hybridized carbons (Fsp3) is 0.417. The average molecular weight is 243 g/mol. The normalized spacial score (nSPS) is 12.9. The lowest BCUT2D eigenvalue weighted by Gasteiger charge is -2.14. The molecule has 0 heterocycles. The molecule has 0 aliphatic rings. The molecule has 1 unspecified atom stereocenters. The largest absolute Gasteiger partial charge is 0.303 e. The predicted octanol–water partition coefficient (Wildman–Crippen LogP) is 4.14. The average Bonchev–Trinajstić information content (AvgIpc) is 2.16. The van der Waals surface area contributed by atoms with Crippen molar-refractivity contribution in [1.29, 1.82) is 0 Å². The number of aldehydes is 1. The Bertz CT molecular complexity index is 349. The van der Waals surface area contributed by atoms with Gasteiger partial charge >= 0.3 is 0 Å². The van der Waals surface area contributed by atoms with Gasteiger partial charge in [-0.2, -0.15) is 0 Å². The van der Waals surface area contributed by atoms with Crippen molar-refractivity contribution in [3.8, 4) is 0 Å². The molecule has 1 rings (SSSR count). The van der Waals surface area contributed by atoms with Crippen molar-refractivity contribution in [2.45, 2.75) is 36.8 Å². The summed E-state index contributed by atoms with van der Waals surface area (Å²) in [4.78, 5) is 11.9. The highest BCUT2D eigenvalue weighted by molar-refractivity contribution is 8.00. The van der Waals surface area contributed by atoms with Gasteiger partial charge in [-0.25, -0.2) is 0 Å². The molecule has 0 saturated carbocycles. The van der Waals surface area contributed by atoms with E-state index in [4.69, 9.17) is 11.6 Å². The highest BCUT2D eigenvalue weighted by Crippen LogP contribution is 2.35. The molecule has 0 fully saturated rings. The second-order valence-electron chi connectivity index (χ2n) is 3.74. The smallest absolute Gasteiger partial charge is 0.127 e. The maximum atomic E-state index is 10.8. The summed E-state index contributed by atoms with van der Waals surface area (Å²) in [5.41, 5.74) is 0.952. The monoisotopic (exact) mass is 242 g/mol. The van der Waals surface area contributed by atoms with Crippen LogP contribution in [0, 0.1) is 0 Å². The SMILES string of the molecule is CC(C)Sc1cccc(Cl)c1C(C)C=O. The molecule has 3 heteroatoms. The van der Waals surface area contributed by atoms with E-state index in [-0.39, 0.29) is 5.92 Å². The van der Waals surface area contributed by atoms with Gasteiger partial charge in [-0.05, 0) is 17.7 Å². The minimum atomic E-state index is -0.139. The number of rotatable bonds is 4. The van der Waals surface area contributed by atoms with Crippen molar-refractivity contribution in [3.05, 3.63) is 28.8 Å². The molecular formula is C12H15ClOS. The summed E-state index contributed by atoms with van der Waals surface area (Å²) in [5, 5.41) is 1.17. The summed E-state index contributed by atoms with van der Waals surface area (Å²) in [5.74, 6) is -0.139. The maximum Gasteiger partial charge on any atom is 0.127 e. The molecule has 1 nitrogen and oxygen atoms in total. The van der Waals surface area contributed by atoms with E-state index in [1.165, 1.54) is 0 Å². The topological polar surface area (TPSA) is 17.1 Å². The van der Waals surface area contributed by atoms with Gasteiger partial charge in [0.15, 0.2) is 0 Å². The summed E-state index contributed by atoms with van der Waals surface area (Å²) in [6, 6.07) is 5.78. The number of hydrogen-bond acceptors (Lipinski definition) is 2. The van der Waals surface area contributed by atoms with Crippen LogP contribution in [0.5, 0.6) is 0 Å². The molecule has 0 aliphatic carbocycles. The molecule has 0 aromatic heterocycles. The lowest BCUT2D eigenvalue weighted by Crippen LogP contribution is -1.99. The van der Waals surface area contributed by atoms with Gasteiger partial charge in [0.25, 0.3) is 0 Å². The fourth-order valence-electron chi connectivity index (χ4n) is 1.38. The van der Waals surface area contributed by atoms with E-state index >= 15 is 0 Å². The van der Waals surface area contributed by atoms with Crippen LogP contribution in [0.25, 0.3) is 0 Å². The molecule has 0 aliphatic heterocycles. The summed E-state index contributed by atoms with van der Waals surface area (Å²) in [6.45, 7) is 6.13. The van der Waals surface area contributed by atoms with Gasteiger partial charge < -0.3 is 4.79 Å². The van der Waals surface area contributed by atoms with Crippen LogP contribution in [0.2, 0.25) is 5.02 Å². The molecule has 1 atom stereocenters. The molecule has 82 valence electrons. The quantitative estimate of drug-likeness (QED) is 0.583. The third-order valence-electron chi connectivity index (χ3n) is 2.04. The van der Waals surface area contributed by atoms with Gasteiger partial charge in [-0.1, -0.05) is 38.4 Å². The molecule has 0 radical (unpaired) electrons. The first-order valence-corrected chi connectivity index (χ1v) is 6.22. The Morgan fingerprint density at radius 3 is 2.53 bits per heavy atom. The molecule has 0 spiro atoms. The molecule has 0 amide bonds. The third kappa shape index (κ3) is 3.25. The van der Waals surface area contributed by atoms with E-state index in [1.54, 1.807) is 11.8 Å².